The number of H-pyrrole nitrogens is 2. The maximum atomic E-state index is 13.7. The number of phenols is 1. The number of hydrogen-bond donors (Lipinski definition) is 3. The summed E-state index contributed by atoms with van der Waals surface area (Å²) in [4.78, 5) is 29.1. The standard InChI is InChI=1S/C30H33N7O2/c1-18-25-26-23-8-5-21(37-15-13-36(14-16-37)20-9-11-35(2)12-10-20)17-24(23)31-30(39)27(26)28(32-29(25)34-33-18)19-3-6-22(38)7-4-19/h3-8,17,20,38H,9-16H2,1-2H3,(H,31,39)(H,32,33,34). The van der Waals surface area contributed by atoms with Gasteiger partial charge in [-0.05, 0) is 76.3 Å². The third kappa shape index (κ3) is 4.13. The molecule has 5 heterocycles. The van der Waals surface area contributed by atoms with Crippen LogP contribution in [-0.2, 0) is 0 Å². The second-order valence-electron chi connectivity index (χ2n) is 11.0. The number of benzene rings is 2. The second-order valence-corrected chi connectivity index (χ2v) is 11.0. The summed E-state index contributed by atoms with van der Waals surface area (Å²) in [5.41, 5.74) is 4.52. The molecule has 2 aromatic carbocycles. The molecule has 3 N–H and O–H groups in total. The van der Waals surface area contributed by atoms with Crippen LogP contribution in [0.25, 0.3) is 44.0 Å². The van der Waals surface area contributed by atoms with Gasteiger partial charge in [0.2, 0.25) is 0 Å². The molecule has 0 atom stereocenters. The van der Waals surface area contributed by atoms with E-state index in [4.69, 9.17) is 4.98 Å². The number of anilines is 1. The summed E-state index contributed by atoms with van der Waals surface area (Å²) in [6.45, 7) is 8.43. The smallest absolute Gasteiger partial charge is 0.258 e. The van der Waals surface area contributed by atoms with Crippen molar-refractivity contribution in [3.63, 3.8) is 0 Å². The van der Waals surface area contributed by atoms with Gasteiger partial charge in [-0.3, -0.25) is 14.8 Å². The third-order valence-corrected chi connectivity index (χ3v) is 8.66. The number of piperazine rings is 1. The summed E-state index contributed by atoms with van der Waals surface area (Å²) in [6.07, 6.45) is 2.51. The maximum Gasteiger partial charge on any atom is 0.258 e. The molecule has 200 valence electrons. The fourth-order valence-electron chi connectivity index (χ4n) is 6.46. The van der Waals surface area contributed by atoms with E-state index in [9.17, 15) is 9.90 Å². The van der Waals surface area contributed by atoms with E-state index in [0.717, 1.165) is 64.8 Å². The number of fused-ring (bicyclic) bond motifs is 5. The number of pyridine rings is 2. The van der Waals surface area contributed by atoms with Crippen molar-refractivity contribution >= 4 is 38.4 Å². The van der Waals surface area contributed by atoms with Gasteiger partial charge in [0.05, 0.1) is 22.0 Å². The van der Waals surface area contributed by atoms with E-state index in [1.165, 1.54) is 25.9 Å². The van der Waals surface area contributed by atoms with Crippen LogP contribution in [0.2, 0.25) is 0 Å². The Morgan fingerprint density at radius 1 is 0.923 bits per heavy atom. The molecular weight excluding hydrogens is 490 g/mol. The van der Waals surface area contributed by atoms with Gasteiger partial charge in [-0.15, -0.1) is 0 Å². The van der Waals surface area contributed by atoms with E-state index < -0.39 is 0 Å². The van der Waals surface area contributed by atoms with Crippen LogP contribution in [0.4, 0.5) is 5.69 Å². The first-order chi connectivity index (χ1) is 19.0. The average molecular weight is 524 g/mol. The van der Waals surface area contributed by atoms with Crippen LogP contribution in [0.15, 0.2) is 47.3 Å². The Bertz CT molecular complexity index is 1740. The predicted molar refractivity (Wildman–Crippen MR) is 156 cm³/mol. The third-order valence-electron chi connectivity index (χ3n) is 8.66. The Balaban J connectivity index is 1.29. The quantitative estimate of drug-likeness (QED) is 0.309. The Labute approximate surface area is 226 Å². The van der Waals surface area contributed by atoms with Crippen LogP contribution in [-0.4, -0.2) is 87.4 Å². The lowest BCUT2D eigenvalue weighted by Gasteiger charge is -2.42. The van der Waals surface area contributed by atoms with Crippen LogP contribution >= 0.6 is 0 Å². The SMILES string of the molecule is Cc1[nH]nc2nc(-c3ccc(O)cc3)c3c(=O)[nH]c4cc(N5CCN(C6CCN(C)CC6)CC5)ccc4c3c12. The lowest BCUT2D eigenvalue weighted by Crippen LogP contribution is -2.53. The van der Waals surface area contributed by atoms with Gasteiger partial charge in [-0.1, -0.05) is 6.07 Å². The molecule has 0 aliphatic carbocycles. The van der Waals surface area contributed by atoms with E-state index in [1.54, 1.807) is 24.3 Å². The van der Waals surface area contributed by atoms with Crippen molar-refractivity contribution in [3.8, 4) is 17.0 Å². The predicted octanol–water partition coefficient (Wildman–Crippen LogP) is 3.85. The van der Waals surface area contributed by atoms with Crippen molar-refractivity contribution in [2.24, 2.45) is 0 Å². The van der Waals surface area contributed by atoms with Crippen molar-refractivity contribution in [2.45, 2.75) is 25.8 Å². The number of hydrogen-bond acceptors (Lipinski definition) is 7. The first-order valence-corrected chi connectivity index (χ1v) is 13.8. The first kappa shape index (κ1) is 24.1. The lowest BCUT2D eigenvalue weighted by molar-refractivity contribution is 0.115. The Hall–Kier alpha value is -3.95. The fourth-order valence-corrected chi connectivity index (χ4v) is 6.46. The van der Waals surface area contributed by atoms with E-state index in [0.29, 0.717) is 22.8 Å². The second kappa shape index (κ2) is 9.36. The molecule has 39 heavy (non-hydrogen) atoms. The number of aryl methyl sites for hydroxylation is 1. The first-order valence-electron chi connectivity index (χ1n) is 13.8. The number of nitrogens with one attached hydrogen (secondary N) is 2. The number of nitrogens with zero attached hydrogens (tertiary/aromatic N) is 5. The van der Waals surface area contributed by atoms with Crippen molar-refractivity contribution in [2.75, 3.05) is 51.2 Å². The molecule has 2 aliphatic heterocycles. The molecule has 5 aromatic rings. The largest absolute Gasteiger partial charge is 0.508 e. The molecule has 7 rings (SSSR count). The zero-order valence-electron chi connectivity index (χ0n) is 22.4. The number of piperidine rings is 1. The van der Waals surface area contributed by atoms with Gasteiger partial charge in [0, 0.05) is 59.9 Å². The van der Waals surface area contributed by atoms with Crippen LogP contribution in [0, 0.1) is 6.92 Å². The molecule has 0 bridgehead atoms. The average Bonchev–Trinajstić information content (AvgIpc) is 3.33. The van der Waals surface area contributed by atoms with Crippen LogP contribution in [0.5, 0.6) is 5.75 Å². The summed E-state index contributed by atoms with van der Waals surface area (Å²) < 4.78 is 0. The minimum Gasteiger partial charge on any atom is -0.508 e. The summed E-state index contributed by atoms with van der Waals surface area (Å²) in [6, 6.07) is 13.9. The molecule has 2 saturated heterocycles. The van der Waals surface area contributed by atoms with E-state index in [-0.39, 0.29) is 11.3 Å². The number of aromatic nitrogens is 4. The van der Waals surface area contributed by atoms with Gasteiger partial charge >= 0.3 is 0 Å². The summed E-state index contributed by atoms with van der Waals surface area (Å²) in [5, 5.41) is 20.5. The molecule has 9 nitrogen and oxygen atoms in total. The molecule has 0 saturated carbocycles. The zero-order valence-corrected chi connectivity index (χ0v) is 22.4. The molecule has 0 unspecified atom stereocenters. The summed E-state index contributed by atoms with van der Waals surface area (Å²) in [5.74, 6) is 0.166. The highest BCUT2D eigenvalue weighted by Gasteiger charge is 2.27. The molecule has 2 fully saturated rings. The van der Waals surface area contributed by atoms with Gasteiger partial charge in [0.25, 0.3) is 5.56 Å². The summed E-state index contributed by atoms with van der Waals surface area (Å²) >= 11 is 0. The topological polar surface area (TPSA) is 104 Å². The number of aromatic hydroxyl groups is 1. The molecular formula is C30H33N7O2. The molecule has 0 amide bonds. The van der Waals surface area contributed by atoms with E-state index >= 15 is 0 Å². The fraction of sp³-hybridized carbons (Fsp3) is 0.367. The van der Waals surface area contributed by atoms with Gasteiger partial charge in [0.1, 0.15) is 5.75 Å². The number of likely N-dealkylation sites (tertiary alicyclic amines) is 1. The molecule has 0 spiro atoms. The summed E-state index contributed by atoms with van der Waals surface area (Å²) in [7, 11) is 2.21. The highest BCUT2D eigenvalue weighted by atomic mass is 16.3. The molecule has 2 aliphatic rings. The van der Waals surface area contributed by atoms with E-state index in [2.05, 4.69) is 55.1 Å². The molecule has 3 aromatic heterocycles. The van der Waals surface area contributed by atoms with E-state index in [1.807, 2.05) is 6.92 Å². The van der Waals surface area contributed by atoms with Crippen molar-refractivity contribution < 1.29 is 5.11 Å². The van der Waals surface area contributed by atoms with Gasteiger partial charge in [0.15, 0.2) is 5.65 Å². The van der Waals surface area contributed by atoms with Crippen molar-refractivity contribution in [1.82, 2.24) is 30.0 Å². The number of phenolic OH excluding ortho intramolecular Hbond substituents is 1. The van der Waals surface area contributed by atoms with Gasteiger partial charge in [-0.2, -0.15) is 5.10 Å². The minimum atomic E-state index is -0.181. The molecule has 0 radical (unpaired) electrons. The highest BCUT2D eigenvalue weighted by molar-refractivity contribution is 6.21. The van der Waals surface area contributed by atoms with Crippen LogP contribution in [0.1, 0.15) is 18.5 Å². The normalized spacial score (nSPS) is 18.1. The van der Waals surface area contributed by atoms with Gasteiger partial charge < -0.3 is 19.9 Å². The zero-order chi connectivity index (χ0) is 26.7. The van der Waals surface area contributed by atoms with Gasteiger partial charge in [-0.25, -0.2) is 4.98 Å². The molecule has 9 heteroatoms. The Morgan fingerprint density at radius 2 is 1.67 bits per heavy atom. The number of aromatic amines is 2. The number of rotatable bonds is 3. The van der Waals surface area contributed by atoms with Crippen LogP contribution in [0.3, 0.4) is 0 Å². The van der Waals surface area contributed by atoms with Crippen molar-refractivity contribution in [3.05, 3.63) is 58.5 Å². The van der Waals surface area contributed by atoms with Crippen LogP contribution < -0.4 is 10.5 Å². The van der Waals surface area contributed by atoms with Crippen molar-refractivity contribution in [1.29, 1.82) is 0 Å². The lowest BCUT2D eigenvalue weighted by atomic mass is 9.98. The highest BCUT2D eigenvalue weighted by Crippen LogP contribution is 2.36. The Morgan fingerprint density at radius 3 is 2.41 bits per heavy atom. The minimum absolute atomic E-state index is 0.166. The Kier molecular flexibility index (Phi) is 5.79. The maximum absolute atomic E-state index is 13.7. The monoisotopic (exact) mass is 523 g/mol.